The lowest BCUT2D eigenvalue weighted by Crippen LogP contribution is -2.52. The second-order valence-corrected chi connectivity index (χ2v) is 12.4. The molecule has 0 aliphatic heterocycles. The number of hydrogen-bond donors (Lipinski definition) is 1. The van der Waals surface area contributed by atoms with Crippen molar-refractivity contribution in [3.63, 3.8) is 0 Å². The van der Waals surface area contributed by atoms with Crippen LogP contribution in [0.3, 0.4) is 0 Å². The van der Waals surface area contributed by atoms with Gasteiger partial charge in [-0.15, -0.1) is 0 Å². The van der Waals surface area contributed by atoms with E-state index in [0.29, 0.717) is 10.8 Å². The minimum atomic E-state index is -4.17. The van der Waals surface area contributed by atoms with Crippen molar-refractivity contribution in [3.05, 3.63) is 88.4 Å². The van der Waals surface area contributed by atoms with Crippen molar-refractivity contribution in [2.24, 2.45) is 0 Å². The van der Waals surface area contributed by atoms with E-state index >= 15 is 0 Å². The third-order valence-electron chi connectivity index (χ3n) is 6.99. The van der Waals surface area contributed by atoms with Crippen molar-refractivity contribution in [2.45, 2.75) is 64.6 Å². The van der Waals surface area contributed by atoms with E-state index in [9.17, 15) is 18.0 Å². The Kier molecular flexibility index (Phi) is 10.8. The van der Waals surface area contributed by atoms with Crippen LogP contribution in [-0.4, -0.2) is 50.9 Å². The number of methoxy groups -OCH3 is 1. The van der Waals surface area contributed by atoms with Gasteiger partial charge < -0.3 is 15.0 Å². The van der Waals surface area contributed by atoms with Crippen LogP contribution in [0.2, 0.25) is 5.02 Å². The van der Waals surface area contributed by atoms with Gasteiger partial charge in [0.2, 0.25) is 11.8 Å². The molecule has 8 nitrogen and oxygen atoms in total. The highest BCUT2D eigenvalue weighted by Crippen LogP contribution is 2.29. The molecule has 0 spiro atoms. The molecular weight excluding hydrogens is 562 g/mol. The number of halogens is 1. The molecule has 0 heterocycles. The molecule has 0 fully saturated rings. The van der Waals surface area contributed by atoms with E-state index in [1.807, 2.05) is 33.8 Å². The number of nitrogens with one attached hydrogen (secondary N) is 1. The van der Waals surface area contributed by atoms with E-state index in [1.54, 1.807) is 56.5 Å². The number of carbonyl (C=O) groups is 2. The smallest absolute Gasteiger partial charge is 0.264 e. The van der Waals surface area contributed by atoms with Crippen LogP contribution in [0.15, 0.2) is 71.6 Å². The first-order valence-electron chi connectivity index (χ1n) is 13.5. The Balaban J connectivity index is 2.06. The molecule has 3 aromatic rings. The van der Waals surface area contributed by atoms with Crippen LogP contribution < -0.4 is 14.4 Å². The molecule has 0 aliphatic carbocycles. The summed E-state index contributed by atoms with van der Waals surface area (Å²) in [7, 11) is -2.63. The summed E-state index contributed by atoms with van der Waals surface area (Å²) in [4.78, 5) is 28.7. The third-order valence-corrected chi connectivity index (χ3v) is 9.18. The highest BCUT2D eigenvalue weighted by Gasteiger charge is 2.33. The van der Waals surface area contributed by atoms with Crippen LogP contribution in [0.1, 0.15) is 43.9 Å². The van der Waals surface area contributed by atoms with E-state index in [4.69, 9.17) is 16.3 Å². The normalized spacial score (nSPS) is 12.8. The number of aryl methyl sites for hydroxylation is 2. The van der Waals surface area contributed by atoms with Crippen LogP contribution in [0.25, 0.3) is 0 Å². The fraction of sp³-hybridized carbons (Fsp3) is 0.355. The van der Waals surface area contributed by atoms with Gasteiger partial charge in [-0.2, -0.15) is 0 Å². The maximum absolute atomic E-state index is 14.0. The zero-order valence-electron chi connectivity index (χ0n) is 24.3. The first kappa shape index (κ1) is 32.0. The Hall–Kier alpha value is -3.56. The molecule has 0 radical (unpaired) electrons. The van der Waals surface area contributed by atoms with Crippen LogP contribution in [0, 0.1) is 13.8 Å². The van der Waals surface area contributed by atoms with Gasteiger partial charge in [0.05, 0.1) is 17.7 Å². The van der Waals surface area contributed by atoms with E-state index in [1.165, 1.54) is 23.1 Å². The molecular formula is C31H38ClN3O5S. The predicted molar refractivity (Wildman–Crippen MR) is 163 cm³/mol. The summed E-state index contributed by atoms with van der Waals surface area (Å²) >= 11 is 6.38. The number of anilines is 1. The van der Waals surface area contributed by atoms with Crippen molar-refractivity contribution in [2.75, 3.05) is 18.0 Å². The minimum absolute atomic E-state index is 0.0366. The van der Waals surface area contributed by atoms with Crippen molar-refractivity contribution in [1.29, 1.82) is 0 Å². The minimum Gasteiger partial charge on any atom is -0.497 e. The van der Waals surface area contributed by atoms with E-state index in [0.717, 1.165) is 27.4 Å². The van der Waals surface area contributed by atoms with Crippen LogP contribution >= 0.6 is 11.6 Å². The average Bonchev–Trinajstić information content (AvgIpc) is 2.95. The van der Waals surface area contributed by atoms with Gasteiger partial charge in [-0.1, -0.05) is 54.4 Å². The molecule has 1 N–H and O–H groups in total. The van der Waals surface area contributed by atoms with Crippen LogP contribution in [-0.2, 0) is 26.2 Å². The molecule has 3 aromatic carbocycles. The second-order valence-electron chi connectivity index (χ2n) is 10.1. The molecule has 0 bridgehead atoms. The summed E-state index contributed by atoms with van der Waals surface area (Å²) in [6.07, 6.45) is 0.721. The van der Waals surface area contributed by atoms with Crippen molar-refractivity contribution in [1.82, 2.24) is 10.2 Å². The topological polar surface area (TPSA) is 96.0 Å². The number of benzene rings is 3. The van der Waals surface area contributed by atoms with Gasteiger partial charge in [0.15, 0.2) is 0 Å². The number of rotatable bonds is 12. The largest absolute Gasteiger partial charge is 0.497 e. The molecule has 0 unspecified atom stereocenters. The lowest BCUT2D eigenvalue weighted by atomic mass is 10.1. The van der Waals surface area contributed by atoms with Gasteiger partial charge in [0.25, 0.3) is 10.0 Å². The number of nitrogens with zero attached hydrogens (tertiary/aromatic N) is 2. The molecule has 0 saturated heterocycles. The molecule has 10 heteroatoms. The van der Waals surface area contributed by atoms with E-state index < -0.39 is 28.5 Å². The first-order valence-corrected chi connectivity index (χ1v) is 15.3. The molecule has 2 atom stereocenters. The van der Waals surface area contributed by atoms with Gasteiger partial charge in [0.1, 0.15) is 18.3 Å². The Labute approximate surface area is 248 Å². The summed E-state index contributed by atoms with van der Waals surface area (Å²) in [5.41, 5.74) is 2.64. The van der Waals surface area contributed by atoms with Gasteiger partial charge >= 0.3 is 0 Å². The van der Waals surface area contributed by atoms with Gasteiger partial charge in [-0.3, -0.25) is 13.9 Å². The number of hydrogen-bond acceptors (Lipinski definition) is 5. The number of amides is 2. The molecule has 3 rings (SSSR count). The predicted octanol–water partition coefficient (Wildman–Crippen LogP) is 5.49. The van der Waals surface area contributed by atoms with Crippen molar-refractivity contribution in [3.8, 4) is 5.75 Å². The Morgan fingerprint density at radius 2 is 1.68 bits per heavy atom. The highest BCUT2D eigenvalue weighted by atomic mass is 35.5. The average molecular weight is 600 g/mol. The SMILES string of the molecule is CC[C@@H](C)NC(=O)[C@@H](C)N(Cc1cccc(OC)c1)C(=O)CN(c1ccc(C)c(Cl)c1)S(=O)(=O)c1ccc(C)cc1. The first-order chi connectivity index (χ1) is 19.4. The number of ether oxygens (including phenoxy) is 1. The summed E-state index contributed by atoms with van der Waals surface area (Å²) < 4.78 is 34.3. The Bertz CT molecular complexity index is 1480. The standard InChI is InChI=1S/C31H38ClN3O5S/c1-7-23(4)33-31(37)24(5)34(19-25-9-8-10-27(17-25)40-6)30(36)20-35(26-14-13-22(3)29(32)18-26)41(38,39)28-15-11-21(2)12-16-28/h8-18,23-24H,7,19-20H2,1-6H3,(H,33,37)/t23-,24-/m1/s1. The van der Waals surface area contributed by atoms with Crippen molar-refractivity contribution < 1.29 is 22.7 Å². The fourth-order valence-electron chi connectivity index (χ4n) is 4.12. The van der Waals surface area contributed by atoms with E-state index in [-0.39, 0.29) is 29.1 Å². The zero-order valence-corrected chi connectivity index (χ0v) is 25.9. The quantitative estimate of drug-likeness (QED) is 0.297. The maximum Gasteiger partial charge on any atom is 0.264 e. The van der Waals surface area contributed by atoms with Gasteiger partial charge in [-0.05, 0) is 81.6 Å². The molecule has 0 saturated carbocycles. The van der Waals surface area contributed by atoms with E-state index in [2.05, 4.69) is 5.32 Å². The zero-order chi connectivity index (χ0) is 30.3. The second kappa shape index (κ2) is 13.9. The van der Waals surface area contributed by atoms with Crippen LogP contribution in [0.4, 0.5) is 5.69 Å². The van der Waals surface area contributed by atoms with Crippen LogP contribution in [0.5, 0.6) is 5.75 Å². The molecule has 220 valence electrons. The summed E-state index contributed by atoms with van der Waals surface area (Å²) in [5.74, 6) is -0.279. The van der Waals surface area contributed by atoms with Gasteiger partial charge in [0, 0.05) is 17.6 Å². The highest BCUT2D eigenvalue weighted by molar-refractivity contribution is 7.92. The molecule has 0 aromatic heterocycles. The lowest BCUT2D eigenvalue weighted by Gasteiger charge is -2.32. The molecule has 41 heavy (non-hydrogen) atoms. The molecule has 0 aliphatic rings. The van der Waals surface area contributed by atoms with Crippen molar-refractivity contribution >= 4 is 39.1 Å². The molecule has 2 amide bonds. The van der Waals surface area contributed by atoms with Gasteiger partial charge in [-0.25, -0.2) is 8.42 Å². The summed E-state index contributed by atoms with van der Waals surface area (Å²) in [5, 5.41) is 3.30. The fourth-order valence-corrected chi connectivity index (χ4v) is 5.70. The summed E-state index contributed by atoms with van der Waals surface area (Å²) in [6, 6.07) is 17.5. The monoisotopic (exact) mass is 599 g/mol. The maximum atomic E-state index is 14.0. The number of sulfonamides is 1. The lowest BCUT2D eigenvalue weighted by molar-refractivity contribution is -0.139. The summed E-state index contributed by atoms with van der Waals surface area (Å²) in [6.45, 7) is 8.67. The Morgan fingerprint density at radius 1 is 1.00 bits per heavy atom. The number of carbonyl (C=O) groups excluding carboxylic acids is 2. The third kappa shape index (κ3) is 8.01. The Morgan fingerprint density at radius 3 is 2.29 bits per heavy atom.